The average Bonchev–Trinajstić information content (AvgIpc) is 2.92. The first kappa shape index (κ1) is 22.2. The van der Waals surface area contributed by atoms with Gasteiger partial charge in [0.15, 0.2) is 11.8 Å². The number of halogens is 1. The van der Waals surface area contributed by atoms with E-state index in [0.717, 1.165) is 36.4 Å². The molecule has 8 heteroatoms. The molecule has 0 saturated heterocycles. The maximum Gasteiger partial charge on any atom is 0.194 e. The molecule has 26 heavy (non-hydrogen) atoms. The van der Waals surface area contributed by atoms with Crippen LogP contribution < -0.4 is 10.1 Å². The van der Waals surface area contributed by atoms with E-state index in [9.17, 15) is 0 Å². The number of hydrogen-bond acceptors (Lipinski definition) is 4. The van der Waals surface area contributed by atoms with Crippen molar-refractivity contribution in [1.29, 1.82) is 0 Å². The summed E-state index contributed by atoms with van der Waals surface area (Å²) in [5, 5.41) is 11.5. The lowest BCUT2D eigenvalue weighted by atomic mass is 10.2. The molecule has 0 aliphatic rings. The molecule has 0 amide bonds. The van der Waals surface area contributed by atoms with Gasteiger partial charge >= 0.3 is 0 Å². The number of ether oxygens (including phenoxy) is 1. The van der Waals surface area contributed by atoms with Gasteiger partial charge in [-0.05, 0) is 32.9 Å². The number of aromatic nitrogens is 3. The average molecular weight is 472 g/mol. The van der Waals surface area contributed by atoms with Crippen LogP contribution in [-0.2, 0) is 13.6 Å². The number of benzene rings is 1. The van der Waals surface area contributed by atoms with Crippen molar-refractivity contribution in [3.8, 4) is 5.75 Å². The van der Waals surface area contributed by atoms with Gasteiger partial charge in [-0.2, -0.15) is 0 Å². The van der Waals surface area contributed by atoms with Crippen LogP contribution in [0, 0.1) is 13.8 Å². The number of rotatable bonds is 7. The zero-order valence-corrected chi connectivity index (χ0v) is 18.5. The lowest BCUT2D eigenvalue weighted by molar-refractivity contribution is 0.281. The molecular weight excluding hydrogens is 443 g/mol. The van der Waals surface area contributed by atoms with Crippen LogP contribution in [0.2, 0.25) is 0 Å². The fraction of sp³-hybridized carbons (Fsp3) is 0.500. The summed E-state index contributed by atoms with van der Waals surface area (Å²) < 4.78 is 7.75. The van der Waals surface area contributed by atoms with E-state index in [4.69, 9.17) is 4.74 Å². The van der Waals surface area contributed by atoms with Gasteiger partial charge in [-0.1, -0.05) is 17.7 Å². The van der Waals surface area contributed by atoms with Gasteiger partial charge in [0.25, 0.3) is 0 Å². The Bertz CT molecular complexity index is 698. The van der Waals surface area contributed by atoms with Crippen LogP contribution in [-0.4, -0.2) is 52.4 Å². The summed E-state index contributed by atoms with van der Waals surface area (Å²) in [6, 6.07) is 8.08. The SMILES string of the molecule is CCNC(=NCc1nnc(C)n1C)N(C)CCOc1ccc(C)cc1.I. The summed E-state index contributed by atoms with van der Waals surface area (Å²) in [6.07, 6.45) is 0. The fourth-order valence-electron chi connectivity index (χ4n) is 2.24. The minimum Gasteiger partial charge on any atom is -0.492 e. The van der Waals surface area contributed by atoms with Gasteiger partial charge in [-0.25, -0.2) is 4.99 Å². The Kier molecular flexibility index (Phi) is 9.39. The van der Waals surface area contributed by atoms with Crippen LogP contribution in [0.1, 0.15) is 24.1 Å². The second-order valence-corrected chi connectivity index (χ2v) is 5.98. The number of aryl methyl sites for hydroxylation is 2. The van der Waals surface area contributed by atoms with Crippen molar-refractivity contribution in [2.75, 3.05) is 26.7 Å². The lowest BCUT2D eigenvalue weighted by Crippen LogP contribution is -2.40. The second kappa shape index (κ2) is 11.0. The molecule has 0 aliphatic heterocycles. The zero-order valence-electron chi connectivity index (χ0n) is 16.2. The summed E-state index contributed by atoms with van der Waals surface area (Å²) in [5.74, 6) is 3.44. The van der Waals surface area contributed by atoms with Crippen molar-refractivity contribution in [2.24, 2.45) is 12.0 Å². The third-order valence-electron chi connectivity index (χ3n) is 3.97. The van der Waals surface area contributed by atoms with Gasteiger partial charge in [0, 0.05) is 20.6 Å². The van der Waals surface area contributed by atoms with Crippen molar-refractivity contribution in [3.63, 3.8) is 0 Å². The van der Waals surface area contributed by atoms with Crippen LogP contribution in [0.4, 0.5) is 0 Å². The van der Waals surface area contributed by atoms with Crippen molar-refractivity contribution in [1.82, 2.24) is 25.0 Å². The molecular formula is C18H29IN6O. The zero-order chi connectivity index (χ0) is 18.2. The van der Waals surface area contributed by atoms with Crippen LogP contribution >= 0.6 is 24.0 Å². The van der Waals surface area contributed by atoms with E-state index in [1.54, 1.807) is 0 Å². The van der Waals surface area contributed by atoms with Crippen molar-refractivity contribution in [2.45, 2.75) is 27.3 Å². The Balaban J connectivity index is 0.00000338. The van der Waals surface area contributed by atoms with Gasteiger partial charge in [0.1, 0.15) is 24.7 Å². The standard InChI is InChI=1S/C18H28N6O.HI/c1-6-19-18(20-13-17-22-21-15(3)24(17)5)23(4)11-12-25-16-9-7-14(2)8-10-16;/h7-10H,6,11-13H2,1-5H3,(H,19,20);1H. The number of nitrogens with one attached hydrogen (secondary N) is 1. The third-order valence-corrected chi connectivity index (χ3v) is 3.97. The predicted molar refractivity (Wildman–Crippen MR) is 115 cm³/mol. The molecule has 1 N–H and O–H groups in total. The van der Waals surface area contributed by atoms with E-state index in [-0.39, 0.29) is 24.0 Å². The Morgan fingerprint density at radius 1 is 1.23 bits per heavy atom. The Labute approximate surface area is 172 Å². The maximum atomic E-state index is 5.79. The number of aliphatic imine (C=N–C) groups is 1. The molecule has 0 aliphatic carbocycles. The molecule has 7 nitrogen and oxygen atoms in total. The highest BCUT2D eigenvalue weighted by Gasteiger charge is 2.08. The Morgan fingerprint density at radius 2 is 1.92 bits per heavy atom. The fourth-order valence-corrected chi connectivity index (χ4v) is 2.24. The Morgan fingerprint density at radius 3 is 2.50 bits per heavy atom. The predicted octanol–water partition coefficient (Wildman–Crippen LogP) is 2.53. The molecule has 0 fully saturated rings. The van der Waals surface area contributed by atoms with Gasteiger partial charge in [-0.3, -0.25) is 0 Å². The molecule has 144 valence electrons. The van der Waals surface area contributed by atoms with Crippen molar-refractivity contribution in [3.05, 3.63) is 41.5 Å². The summed E-state index contributed by atoms with van der Waals surface area (Å²) >= 11 is 0. The molecule has 2 rings (SSSR count). The summed E-state index contributed by atoms with van der Waals surface area (Å²) in [5.41, 5.74) is 1.23. The Hall–Kier alpha value is -1.84. The molecule has 0 bridgehead atoms. The number of nitrogens with zero attached hydrogens (tertiary/aromatic N) is 5. The molecule has 0 unspecified atom stereocenters. The van der Waals surface area contributed by atoms with E-state index in [1.807, 2.05) is 49.9 Å². The quantitative estimate of drug-likeness (QED) is 0.381. The van der Waals surface area contributed by atoms with E-state index in [0.29, 0.717) is 13.2 Å². The van der Waals surface area contributed by atoms with E-state index in [2.05, 4.69) is 39.3 Å². The van der Waals surface area contributed by atoms with Crippen molar-refractivity contribution < 1.29 is 4.74 Å². The van der Waals surface area contributed by atoms with E-state index >= 15 is 0 Å². The molecule has 1 aromatic heterocycles. The van der Waals surface area contributed by atoms with Crippen molar-refractivity contribution >= 4 is 29.9 Å². The smallest absolute Gasteiger partial charge is 0.194 e. The number of hydrogen-bond donors (Lipinski definition) is 1. The lowest BCUT2D eigenvalue weighted by Gasteiger charge is -2.22. The van der Waals surface area contributed by atoms with Gasteiger partial charge in [0.05, 0.1) is 6.54 Å². The molecule has 0 saturated carbocycles. The van der Waals surface area contributed by atoms with E-state index in [1.165, 1.54) is 5.56 Å². The first-order valence-corrected chi connectivity index (χ1v) is 8.55. The number of likely N-dealkylation sites (N-methyl/N-ethyl adjacent to an activating group) is 1. The first-order valence-electron chi connectivity index (χ1n) is 8.55. The molecule has 1 heterocycles. The van der Waals surface area contributed by atoms with Gasteiger partial charge < -0.3 is 19.5 Å². The minimum absolute atomic E-state index is 0. The molecule has 0 spiro atoms. The minimum atomic E-state index is 0. The summed E-state index contributed by atoms with van der Waals surface area (Å²) in [4.78, 5) is 6.70. The molecule has 0 radical (unpaired) electrons. The van der Waals surface area contributed by atoms with Crippen LogP contribution in [0.15, 0.2) is 29.3 Å². The highest BCUT2D eigenvalue weighted by Crippen LogP contribution is 2.11. The summed E-state index contributed by atoms with van der Waals surface area (Å²) in [7, 11) is 3.95. The highest BCUT2D eigenvalue weighted by molar-refractivity contribution is 14.0. The molecule has 1 aromatic carbocycles. The second-order valence-electron chi connectivity index (χ2n) is 5.98. The first-order chi connectivity index (χ1) is 12.0. The highest BCUT2D eigenvalue weighted by atomic mass is 127. The number of guanidine groups is 1. The van der Waals surface area contributed by atoms with Gasteiger partial charge in [0.2, 0.25) is 0 Å². The largest absolute Gasteiger partial charge is 0.492 e. The van der Waals surface area contributed by atoms with Crippen LogP contribution in [0.25, 0.3) is 0 Å². The molecule has 0 atom stereocenters. The van der Waals surface area contributed by atoms with E-state index < -0.39 is 0 Å². The normalized spacial score (nSPS) is 11.0. The van der Waals surface area contributed by atoms with Crippen LogP contribution in [0.3, 0.4) is 0 Å². The molecule has 2 aromatic rings. The monoisotopic (exact) mass is 472 g/mol. The van der Waals surface area contributed by atoms with Gasteiger partial charge in [-0.15, -0.1) is 34.2 Å². The summed E-state index contributed by atoms with van der Waals surface area (Å²) in [6.45, 7) is 8.67. The van der Waals surface area contributed by atoms with Crippen LogP contribution in [0.5, 0.6) is 5.75 Å². The third kappa shape index (κ3) is 6.47. The topological polar surface area (TPSA) is 67.6 Å². The maximum absolute atomic E-state index is 5.79.